The molecule has 1 aromatic carbocycles. The number of carbonyl (C=O) groups excluding carboxylic acids is 2. The maximum atomic E-state index is 12.1. The van der Waals surface area contributed by atoms with Gasteiger partial charge in [-0.3, -0.25) is 25.0 Å². The normalized spacial score (nSPS) is 10.3. The van der Waals surface area contributed by atoms with E-state index in [9.17, 15) is 9.59 Å². The van der Waals surface area contributed by atoms with E-state index < -0.39 is 11.8 Å². The Balaban J connectivity index is 1.48. The number of imidazole rings is 1. The lowest BCUT2D eigenvalue weighted by atomic mass is 10.1. The van der Waals surface area contributed by atoms with E-state index in [4.69, 9.17) is 4.74 Å². The van der Waals surface area contributed by atoms with Crippen molar-refractivity contribution in [2.45, 2.75) is 13.8 Å². The number of carbonyl (C=O) groups is 2. The molecule has 3 rings (SSSR count). The molecule has 2 amide bonds. The number of hydrazine groups is 1. The highest BCUT2D eigenvalue weighted by Gasteiger charge is 2.09. The lowest BCUT2D eigenvalue weighted by Gasteiger charge is -2.10. The van der Waals surface area contributed by atoms with Gasteiger partial charge in [-0.1, -0.05) is 6.07 Å². The Labute approximate surface area is 156 Å². The number of aromatic nitrogens is 3. The number of hydrogen-bond donors (Lipinski definition) is 2. The number of benzene rings is 1. The lowest BCUT2D eigenvalue weighted by molar-refractivity contribution is -0.123. The second-order valence-corrected chi connectivity index (χ2v) is 5.91. The third-order valence-electron chi connectivity index (χ3n) is 3.94. The molecule has 3 aromatic rings. The first-order valence-corrected chi connectivity index (χ1v) is 8.26. The number of aryl methyl sites for hydroxylation is 2. The molecule has 0 aliphatic rings. The van der Waals surface area contributed by atoms with Crippen LogP contribution in [0, 0.1) is 13.8 Å². The molecule has 0 spiro atoms. The van der Waals surface area contributed by atoms with E-state index in [2.05, 4.69) is 20.8 Å². The zero-order valence-electron chi connectivity index (χ0n) is 15.0. The molecule has 0 atom stereocenters. The van der Waals surface area contributed by atoms with Gasteiger partial charge in [0.2, 0.25) is 0 Å². The van der Waals surface area contributed by atoms with Crippen molar-refractivity contribution < 1.29 is 14.3 Å². The fourth-order valence-corrected chi connectivity index (χ4v) is 2.26. The predicted molar refractivity (Wildman–Crippen MR) is 98.4 cm³/mol. The first-order chi connectivity index (χ1) is 13.0. The number of pyridine rings is 1. The summed E-state index contributed by atoms with van der Waals surface area (Å²) >= 11 is 0. The Bertz CT molecular complexity index is 936. The van der Waals surface area contributed by atoms with Crippen LogP contribution in [0.4, 0.5) is 0 Å². The minimum atomic E-state index is -0.473. The molecule has 8 heteroatoms. The first-order valence-electron chi connectivity index (χ1n) is 8.26. The molecule has 2 N–H and O–H groups in total. The van der Waals surface area contributed by atoms with Gasteiger partial charge in [0.1, 0.15) is 17.9 Å². The Kier molecular flexibility index (Phi) is 5.46. The second-order valence-electron chi connectivity index (χ2n) is 5.91. The van der Waals surface area contributed by atoms with E-state index in [-0.39, 0.29) is 6.61 Å². The Morgan fingerprint density at radius 1 is 1.11 bits per heavy atom. The Morgan fingerprint density at radius 3 is 2.63 bits per heavy atom. The number of rotatable bonds is 5. The van der Waals surface area contributed by atoms with Crippen LogP contribution in [0.3, 0.4) is 0 Å². The summed E-state index contributed by atoms with van der Waals surface area (Å²) in [6.45, 7) is 3.76. The van der Waals surface area contributed by atoms with E-state index >= 15 is 0 Å². The van der Waals surface area contributed by atoms with Crippen LogP contribution in [0.15, 0.2) is 55.2 Å². The first kappa shape index (κ1) is 18.1. The maximum absolute atomic E-state index is 12.1. The molecule has 0 aliphatic heterocycles. The van der Waals surface area contributed by atoms with Gasteiger partial charge in [-0.05, 0) is 49.2 Å². The molecule has 0 unspecified atom stereocenters. The predicted octanol–water partition coefficient (Wildman–Crippen LogP) is 1.72. The third-order valence-corrected chi connectivity index (χ3v) is 3.94. The van der Waals surface area contributed by atoms with Crippen LogP contribution < -0.4 is 15.6 Å². The van der Waals surface area contributed by atoms with Crippen molar-refractivity contribution in [3.63, 3.8) is 0 Å². The molecule has 27 heavy (non-hydrogen) atoms. The van der Waals surface area contributed by atoms with Crippen LogP contribution in [-0.2, 0) is 4.79 Å². The van der Waals surface area contributed by atoms with E-state index in [0.29, 0.717) is 17.1 Å². The third kappa shape index (κ3) is 4.69. The average Bonchev–Trinajstić information content (AvgIpc) is 3.22. The van der Waals surface area contributed by atoms with Crippen molar-refractivity contribution in [1.29, 1.82) is 0 Å². The molecule has 0 aliphatic carbocycles. The van der Waals surface area contributed by atoms with Gasteiger partial charge in [0.15, 0.2) is 6.61 Å². The number of nitrogens with zero attached hydrogens (tertiary/aromatic N) is 3. The minimum absolute atomic E-state index is 0.208. The van der Waals surface area contributed by atoms with E-state index in [1.165, 1.54) is 6.20 Å². The summed E-state index contributed by atoms with van der Waals surface area (Å²) in [5.41, 5.74) is 7.18. The summed E-state index contributed by atoms with van der Waals surface area (Å²) in [6.07, 6.45) is 6.41. The summed E-state index contributed by atoms with van der Waals surface area (Å²) < 4.78 is 7.13. The average molecular weight is 365 g/mol. The van der Waals surface area contributed by atoms with Gasteiger partial charge < -0.3 is 4.74 Å². The van der Waals surface area contributed by atoms with Gasteiger partial charge in [0.05, 0.1) is 5.56 Å². The van der Waals surface area contributed by atoms with Gasteiger partial charge in [-0.15, -0.1) is 0 Å². The van der Waals surface area contributed by atoms with Crippen LogP contribution in [-0.4, -0.2) is 33.0 Å². The summed E-state index contributed by atoms with van der Waals surface area (Å²) in [4.78, 5) is 32.0. The molecule has 138 valence electrons. The largest absolute Gasteiger partial charge is 0.484 e. The fourth-order valence-electron chi connectivity index (χ4n) is 2.26. The van der Waals surface area contributed by atoms with E-state index in [1.807, 2.05) is 26.0 Å². The van der Waals surface area contributed by atoms with Gasteiger partial charge in [-0.2, -0.15) is 0 Å². The molecular formula is C19H19N5O3. The Hall–Kier alpha value is -3.68. The zero-order valence-corrected chi connectivity index (χ0v) is 15.0. The monoisotopic (exact) mass is 365 g/mol. The summed E-state index contributed by atoms with van der Waals surface area (Å²) in [5, 5.41) is 0. The van der Waals surface area contributed by atoms with Gasteiger partial charge in [0, 0.05) is 18.6 Å². The highest BCUT2D eigenvalue weighted by Crippen LogP contribution is 2.16. The quantitative estimate of drug-likeness (QED) is 0.671. The molecule has 2 aromatic heterocycles. The van der Waals surface area contributed by atoms with Gasteiger partial charge in [-0.25, -0.2) is 9.97 Å². The SMILES string of the molecule is Cc1ccc(OCC(=O)NNC(=O)c2ccc(-n3ccnc3)nc2)cc1C. The van der Waals surface area contributed by atoms with E-state index in [1.54, 1.807) is 41.5 Å². The lowest BCUT2D eigenvalue weighted by Crippen LogP contribution is -2.43. The summed E-state index contributed by atoms with van der Waals surface area (Å²) in [6, 6.07) is 8.86. The molecule has 0 bridgehead atoms. The fraction of sp³-hybridized carbons (Fsp3) is 0.158. The van der Waals surface area contributed by atoms with Crippen LogP contribution in [0.1, 0.15) is 21.5 Å². The molecular weight excluding hydrogens is 346 g/mol. The smallest absolute Gasteiger partial charge is 0.276 e. The number of nitrogens with one attached hydrogen (secondary N) is 2. The summed E-state index contributed by atoms with van der Waals surface area (Å²) in [5.74, 6) is 0.289. The van der Waals surface area contributed by atoms with Crippen LogP contribution in [0.25, 0.3) is 5.82 Å². The molecule has 0 saturated carbocycles. The molecule has 0 radical (unpaired) electrons. The molecule has 0 saturated heterocycles. The van der Waals surface area contributed by atoms with Crippen LogP contribution >= 0.6 is 0 Å². The second kappa shape index (κ2) is 8.13. The standard InChI is InChI=1S/C19H19N5O3/c1-13-3-5-16(9-14(13)2)27-11-18(25)22-23-19(26)15-4-6-17(21-10-15)24-8-7-20-12-24/h3-10,12H,11H2,1-2H3,(H,22,25)(H,23,26). The highest BCUT2D eigenvalue weighted by atomic mass is 16.5. The van der Waals surface area contributed by atoms with Crippen molar-refractivity contribution in [1.82, 2.24) is 25.4 Å². The van der Waals surface area contributed by atoms with Crippen molar-refractivity contribution in [3.05, 3.63) is 71.9 Å². The maximum Gasteiger partial charge on any atom is 0.276 e. The van der Waals surface area contributed by atoms with Crippen LogP contribution in [0.5, 0.6) is 5.75 Å². The minimum Gasteiger partial charge on any atom is -0.484 e. The van der Waals surface area contributed by atoms with Crippen molar-refractivity contribution >= 4 is 11.8 Å². The van der Waals surface area contributed by atoms with Crippen molar-refractivity contribution in [2.75, 3.05) is 6.61 Å². The number of hydrogen-bond acceptors (Lipinski definition) is 5. The number of amides is 2. The highest BCUT2D eigenvalue weighted by molar-refractivity contribution is 5.95. The van der Waals surface area contributed by atoms with Crippen molar-refractivity contribution in [3.8, 4) is 11.6 Å². The molecule has 0 fully saturated rings. The van der Waals surface area contributed by atoms with Crippen molar-refractivity contribution in [2.24, 2.45) is 0 Å². The summed E-state index contributed by atoms with van der Waals surface area (Å²) in [7, 11) is 0. The van der Waals surface area contributed by atoms with Gasteiger partial charge >= 0.3 is 0 Å². The zero-order chi connectivity index (χ0) is 19.2. The Morgan fingerprint density at radius 2 is 1.96 bits per heavy atom. The number of ether oxygens (including phenoxy) is 1. The van der Waals surface area contributed by atoms with E-state index in [0.717, 1.165) is 11.1 Å². The van der Waals surface area contributed by atoms with Gasteiger partial charge in [0.25, 0.3) is 11.8 Å². The van der Waals surface area contributed by atoms with Crippen LogP contribution in [0.2, 0.25) is 0 Å². The molecule has 2 heterocycles. The topological polar surface area (TPSA) is 98.1 Å². The molecule has 8 nitrogen and oxygen atoms in total.